The molecule has 0 N–H and O–H groups in total. The topological polar surface area (TPSA) is 81.7 Å². The quantitative estimate of drug-likeness (QED) is 0.104. The Kier molecular flexibility index (Phi) is 15.6. The van der Waals surface area contributed by atoms with Gasteiger partial charge in [-0.3, -0.25) is 0 Å². The summed E-state index contributed by atoms with van der Waals surface area (Å²) in [5, 5.41) is 0. The van der Waals surface area contributed by atoms with Crippen molar-refractivity contribution in [2.24, 2.45) is 0 Å². The van der Waals surface area contributed by atoms with Crippen molar-refractivity contribution in [1.29, 1.82) is 0 Å². The molecule has 8 nitrogen and oxygen atoms in total. The van der Waals surface area contributed by atoms with E-state index in [1.54, 1.807) is 13.2 Å². The van der Waals surface area contributed by atoms with Crippen LogP contribution in [0.25, 0.3) is 6.08 Å². The van der Waals surface area contributed by atoms with E-state index in [4.69, 9.17) is 33.2 Å². The number of benzene rings is 2. The van der Waals surface area contributed by atoms with E-state index >= 15 is 0 Å². The van der Waals surface area contributed by atoms with Gasteiger partial charge < -0.3 is 33.2 Å². The summed E-state index contributed by atoms with van der Waals surface area (Å²) in [6.45, 7) is 7.53. The van der Waals surface area contributed by atoms with Crippen molar-refractivity contribution in [2.45, 2.75) is 33.1 Å². The van der Waals surface area contributed by atoms with Gasteiger partial charge in [0, 0.05) is 26.2 Å². The van der Waals surface area contributed by atoms with Crippen LogP contribution in [-0.2, 0) is 30.2 Å². The van der Waals surface area contributed by atoms with Crippen molar-refractivity contribution in [2.75, 3.05) is 60.2 Å². The van der Waals surface area contributed by atoms with E-state index in [1.807, 2.05) is 49.4 Å². The van der Waals surface area contributed by atoms with E-state index in [-0.39, 0.29) is 13.4 Å². The lowest BCUT2D eigenvalue weighted by atomic mass is 10.1. The van der Waals surface area contributed by atoms with Gasteiger partial charge in [0.15, 0.2) is 18.3 Å². The van der Waals surface area contributed by atoms with Gasteiger partial charge in [0.05, 0.1) is 33.0 Å². The molecular formula is C29H40O8. The van der Waals surface area contributed by atoms with Crippen LogP contribution in [0.15, 0.2) is 48.5 Å². The smallest absolute Gasteiger partial charge is 0.330 e. The van der Waals surface area contributed by atoms with Gasteiger partial charge in [-0.25, -0.2) is 4.79 Å². The van der Waals surface area contributed by atoms with Crippen LogP contribution in [0.2, 0.25) is 0 Å². The number of unbranched alkanes of at least 4 members (excludes halogenated alkanes) is 1. The van der Waals surface area contributed by atoms with Crippen LogP contribution in [0, 0.1) is 0 Å². The molecule has 0 aromatic heterocycles. The summed E-state index contributed by atoms with van der Waals surface area (Å²) in [6.07, 6.45) is 5.80. The number of hydrogen-bond acceptors (Lipinski definition) is 8. The minimum absolute atomic E-state index is 0.187. The van der Waals surface area contributed by atoms with Gasteiger partial charge in [-0.1, -0.05) is 31.5 Å². The maximum atomic E-state index is 11.9. The summed E-state index contributed by atoms with van der Waals surface area (Å²) >= 11 is 0. The Morgan fingerprint density at radius 3 is 2.35 bits per heavy atom. The van der Waals surface area contributed by atoms with Crippen LogP contribution in [0.5, 0.6) is 17.2 Å². The molecule has 0 radical (unpaired) electrons. The van der Waals surface area contributed by atoms with Crippen molar-refractivity contribution in [3.63, 3.8) is 0 Å². The molecule has 2 rings (SSSR count). The summed E-state index contributed by atoms with van der Waals surface area (Å²) < 4.78 is 38.1. The van der Waals surface area contributed by atoms with Gasteiger partial charge >= 0.3 is 5.97 Å². The monoisotopic (exact) mass is 516 g/mol. The largest absolute Gasteiger partial charge is 0.490 e. The zero-order valence-electron chi connectivity index (χ0n) is 22.2. The third-order valence-corrected chi connectivity index (χ3v) is 5.12. The predicted octanol–water partition coefficient (Wildman–Crippen LogP) is 5.08. The minimum atomic E-state index is -0.413. The van der Waals surface area contributed by atoms with Crippen LogP contribution in [-0.4, -0.2) is 66.1 Å². The molecule has 0 amide bonds. The molecule has 0 heterocycles. The number of ether oxygens (including phenoxy) is 7. The summed E-state index contributed by atoms with van der Waals surface area (Å²) in [4.78, 5) is 11.9. The van der Waals surface area contributed by atoms with Gasteiger partial charge in [-0.15, -0.1) is 0 Å². The molecule has 0 aliphatic carbocycles. The standard InChI is InChI=1S/C29H40O8/c1-4-6-16-34-28-22-25(10-14-29(30)36-21-20-32-5-2)9-13-27(28)35-17-15-24-7-11-26(12-8-24)37-23-33-19-18-31-3/h7-14,22H,4-6,15-21,23H2,1-3H3/b14-10-. The van der Waals surface area contributed by atoms with Gasteiger partial charge in [0.2, 0.25) is 0 Å². The second kappa shape index (κ2) is 19.1. The number of rotatable bonds is 20. The highest BCUT2D eigenvalue weighted by molar-refractivity contribution is 5.87. The number of hydrogen-bond donors (Lipinski definition) is 0. The Bertz CT molecular complexity index is 911. The lowest BCUT2D eigenvalue weighted by molar-refractivity contribution is -0.139. The molecule has 204 valence electrons. The molecule has 37 heavy (non-hydrogen) atoms. The molecule has 0 aliphatic rings. The van der Waals surface area contributed by atoms with Gasteiger partial charge in [-0.05, 0) is 54.8 Å². The van der Waals surface area contributed by atoms with Crippen molar-refractivity contribution in [3.05, 3.63) is 59.7 Å². The third kappa shape index (κ3) is 13.2. The van der Waals surface area contributed by atoms with E-state index in [2.05, 4.69) is 6.92 Å². The van der Waals surface area contributed by atoms with E-state index in [1.165, 1.54) is 6.08 Å². The molecular weight excluding hydrogens is 476 g/mol. The highest BCUT2D eigenvalue weighted by Crippen LogP contribution is 2.29. The fourth-order valence-corrected chi connectivity index (χ4v) is 3.09. The summed E-state index contributed by atoms with van der Waals surface area (Å²) in [7, 11) is 1.63. The Balaban J connectivity index is 1.87. The molecule has 0 fully saturated rings. The summed E-state index contributed by atoms with van der Waals surface area (Å²) in [5.74, 6) is 1.65. The van der Waals surface area contributed by atoms with Crippen LogP contribution < -0.4 is 14.2 Å². The van der Waals surface area contributed by atoms with Crippen molar-refractivity contribution in [3.8, 4) is 17.2 Å². The molecule has 2 aromatic carbocycles. The highest BCUT2D eigenvalue weighted by atomic mass is 16.7. The Labute approximate surface area is 220 Å². The summed E-state index contributed by atoms with van der Waals surface area (Å²) in [5.41, 5.74) is 1.95. The van der Waals surface area contributed by atoms with Gasteiger partial charge in [0.1, 0.15) is 12.4 Å². The number of carbonyl (C=O) groups is 1. The van der Waals surface area contributed by atoms with Crippen molar-refractivity contribution < 1.29 is 38.0 Å². The lowest BCUT2D eigenvalue weighted by Gasteiger charge is -2.14. The molecule has 0 saturated carbocycles. The molecule has 0 saturated heterocycles. The zero-order chi connectivity index (χ0) is 26.6. The molecule has 2 aromatic rings. The summed E-state index contributed by atoms with van der Waals surface area (Å²) in [6, 6.07) is 13.5. The normalized spacial score (nSPS) is 11.0. The first kappa shape index (κ1) is 30.2. The Hall–Kier alpha value is -3.07. The number of methoxy groups -OCH3 is 1. The average molecular weight is 517 g/mol. The Morgan fingerprint density at radius 1 is 0.811 bits per heavy atom. The average Bonchev–Trinajstić information content (AvgIpc) is 2.91. The zero-order valence-corrected chi connectivity index (χ0v) is 22.2. The van der Waals surface area contributed by atoms with Gasteiger partial charge in [-0.2, -0.15) is 0 Å². The fourth-order valence-electron chi connectivity index (χ4n) is 3.09. The van der Waals surface area contributed by atoms with E-state index in [9.17, 15) is 4.79 Å². The SMILES string of the molecule is CCCCOc1cc(/C=C\C(=O)OCCOCC)ccc1OCCc1ccc(OCOCCOC)cc1. The van der Waals surface area contributed by atoms with E-state index in [0.717, 1.165) is 36.1 Å². The first-order valence-corrected chi connectivity index (χ1v) is 12.8. The third-order valence-electron chi connectivity index (χ3n) is 5.12. The fraction of sp³-hybridized carbons (Fsp3) is 0.483. The van der Waals surface area contributed by atoms with Crippen LogP contribution in [0.4, 0.5) is 0 Å². The first-order valence-electron chi connectivity index (χ1n) is 12.8. The molecule has 0 spiro atoms. The lowest BCUT2D eigenvalue weighted by Crippen LogP contribution is -2.08. The van der Waals surface area contributed by atoms with E-state index < -0.39 is 5.97 Å². The molecule has 0 unspecified atom stereocenters. The number of carbonyl (C=O) groups excluding carboxylic acids is 1. The maximum Gasteiger partial charge on any atom is 0.330 e. The van der Waals surface area contributed by atoms with Crippen LogP contribution in [0.1, 0.15) is 37.8 Å². The molecule has 0 aliphatic heterocycles. The molecule has 0 atom stereocenters. The highest BCUT2D eigenvalue weighted by Gasteiger charge is 2.08. The van der Waals surface area contributed by atoms with Crippen LogP contribution in [0.3, 0.4) is 0 Å². The Morgan fingerprint density at radius 2 is 1.59 bits per heavy atom. The second-order valence-corrected chi connectivity index (χ2v) is 8.01. The predicted molar refractivity (Wildman–Crippen MR) is 142 cm³/mol. The van der Waals surface area contributed by atoms with E-state index in [0.29, 0.717) is 51.1 Å². The molecule has 8 heteroatoms. The van der Waals surface area contributed by atoms with Crippen molar-refractivity contribution >= 4 is 12.0 Å². The first-order chi connectivity index (χ1) is 18.2. The number of esters is 1. The van der Waals surface area contributed by atoms with Gasteiger partial charge in [0.25, 0.3) is 0 Å². The van der Waals surface area contributed by atoms with Crippen molar-refractivity contribution in [1.82, 2.24) is 0 Å². The van der Waals surface area contributed by atoms with Crippen LogP contribution >= 0.6 is 0 Å². The molecule has 0 bridgehead atoms. The second-order valence-electron chi connectivity index (χ2n) is 8.01. The maximum absolute atomic E-state index is 11.9. The minimum Gasteiger partial charge on any atom is -0.490 e.